The van der Waals surface area contributed by atoms with Crippen LogP contribution in [0.15, 0.2) is 27.6 Å². The van der Waals surface area contributed by atoms with Crippen LogP contribution >= 0.6 is 23.2 Å². The Balaban J connectivity index is 2.24. The Bertz CT molecular complexity index is 722. The van der Waals surface area contributed by atoms with Gasteiger partial charge in [-0.05, 0) is 25.5 Å². The summed E-state index contributed by atoms with van der Waals surface area (Å²) in [6.45, 7) is 3.14. The van der Waals surface area contributed by atoms with Crippen molar-refractivity contribution in [1.29, 1.82) is 0 Å². The van der Waals surface area contributed by atoms with Gasteiger partial charge in [-0.15, -0.1) is 0 Å². The summed E-state index contributed by atoms with van der Waals surface area (Å²) in [5, 5.41) is 4.33. The fourth-order valence-electron chi connectivity index (χ4n) is 1.79. The summed E-state index contributed by atoms with van der Waals surface area (Å²) in [6.07, 6.45) is 0. The molecule has 1 aromatic heterocycles. The fourth-order valence-corrected chi connectivity index (χ4v) is 3.51. The number of hydrogen-bond donors (Lipinski definition) is 1. The van der Waals surface area contributed by atoms with Gasteiger partial charge in [0, 0.05) is 6.54 Å². The van der Waals surface area contributed by atoms with E-state index in [9.17, 15) is 8.42 Å². The maximum Gasteiger partial charge on any atom is 0.246 e. The normalized spacial score (nSPS) is 11.8. The summed E-state index contributed by atoms with van der Waals surface area (Å²) in [5.74, 6) is 0.243. The van der Waals surface area contributed by atoms with E-state index in [2.05, 4.69) is 9.88 Å². The van der Waals surface area contributed by atoms with Crippen LogP contribution in [-0.2, 0) is 16.6 Å². The highest BCUT2D eigenvalue weighted by atomic mass is 35.5. The fraction of sp³-hybridized carbons (Fsp3) is 0.250. The van der Waals surface area contributed by atoms with Crippen LogP contribution in [0.4, 0.5) is 0 Å². The second-order valence-electron chi connectivity index (χ2n) is 4.19. The van der Waals surface area contributed by atoms with Gasteiger partial charge in [0.15, 0.2) is 5.76 Å². The molecule has 0 aliphatic carbocycles. The van der Waals surface area contributed by atoms with Gasteiger partial charge in [0.25, 0.3) is 0 Å². The second kappa shape index (κ2) is 5.73. The Kier molecular flexibility index (Phi) is 4.39. The third kappa shape index (κ3) is 2.98. The topological polar surface area (TPSA) is 72.2 Å². The number of rotatable bonds is 4. The van der Waals surface area contributed by atoms with Gasteiger partial charge < -0.3 is 4.52 Å². The molecule has 1 N–H and O–H groups in total. The summed E-state index contributed by atoms with van der Waals surface area (Å²) < 4.78 is 31.8. The molecule has 0 bridgehead atoms. The van der Waals surface area contributed by atoms with Gasteiger partial charge in [-0.25, -0.2) is 13.1 Å². The minimum absolute atomic E-state index is 0.0335. The smallest absolute Gasteiger partial charge is 0.246 e. The van der Waals surface area contributed by atoms with Gasteiger partial charge in [0.1, 0.15) is 10.6 Å². The second-order valence-corrected chi connectivity index (χ2v) is 6.68. The lowest BCUT2D eigenvalue weighted by molar-refractivity contribution is 0.390. The highest BCUT2D eigenvalue weighted by Crippen LogP contribution is 2.26. The first kappa shape index (κ1) is 15.3. The molecule has 2 rings (SSSR count). The minimum atomic E-state index is -3.71. The standard InChI is InChI=1S/C12H12Cl2N2O3S/c1-7-12(8(2)19-16-7)20(17,18)15-6-9-4-3-5-10(13)11(9)14/h3-5,15H,6H2,1-2H3. The van der Waals surface area contributed by atoms with Crippen LogP contribution in [-0.4, -0.2) is 13.6 Å². The van der Waals surface area contributed by atoms with E-state index in [-0.39, 0.29) is 17.2 Å². The zero-order valence-electron chi connectivity index (χ0n) is 10.8. The Morgan fingerprint density at radius 1 is 1.30 bits per heavy atom. The molecular formula is C12H12Cl2N2O3S. The van der Waals surface area contributed by atoms with Gasteiger partial charge in [0.2, 0.25) is 10.0 Å². The number of sulfonamides is 1. The molecule has 8 heteroatoms. The molecule has 0 aliphatic heterocycles. The van der Waals surface area contributed by atoms with Crippen LogP contribution in [0, 0.1) is 13.8 Å². The lowest BCUT2D eigenvalue weighted by Crippen LogP contribution is -2.24. The van der Waals surface area contributed by atoms with Crippen molar-refractivity contribution in [3.05, 3.63) is 45.3 Å². The molecule has 5 nitrogen and oxygen atoms in total. The van der Waals surface area contributed by atoms with E-state index < -0.39 is 10.0 Å². The van der Waals surface area contributed by atoms with Crippen LogP contribution in [0.5, 0.6) is 0 Å². The van der Waals surface area contributed by atoms with Crippen molar-refractivity contribution < 1.29 is 12.9 Å². The molecule has 0 radical (unpaired) electrons. The van der Waals surface area contributed by atoms with Crippen LogP contribution in [0.3, 0.4) is 0 Å². The summed E-state index contributed by atoms with van der Waals surface area (Å²) in [7, 11) is -3.71. The first-order valence-corrected chi connectivity index (χ1v) is 7.92. The molecule has 1 aromatic carbocycles. The molecule has 0 fully saturated rings. The maximum atomic E-state index is 12.2. The number of halogens is 2. The van der Waals surface area contributed by atoms with Crippen LogP contribution in [0.1, 0.15) is 17.0 Å². The average Bonchev–Trinajstić information content (AvgIpc) is 2.71. The maximum absolute atomic E-state index is 12.2. The predicted molar refractivity (Wildman–Crippen MR) is 76.5 cm³/mol. The highest BCUT2D eigenvalue weighted by Gasteiger charge is 2.24. The van der Waals surface area contributed by atoms with Crippen molar-refractivity contribution in [2.45, 2.75) is 25.3 Å². The van der Waals surface area contributed by atoms with Crippen molar-refractivity contribution in [2.75, 3.05) is 0 Å². The van der Waals surface area contributed by atoms with Crippen molar-refractivity contribution in [1.82, 2.24) is 9.88 Å². The van der Waals surface area contributed by atoms with Gasteiger partial charge in [-0.3, -0.25) is 0 Å². The Morgan fingerprint density at radius 3 is 2.60 bits per heavy atom. The third-order valence-corrected chi connectivity index (χ3v) is 5.22. The highest BCUT2D eigenvalue weighted by molar-refractivity contribution is 7.89. The SMILES string of the molecule is Cc1noc(C)c1S(=O)(=O)NCc1cccc(Cl)c1Cl. The van der Waals surface area contributed by atoms with Gasteiger partial charge in [0.05, 0.1) is 10.0 Å². The molecule has 0 amide bonds. The number of hydrogen-bond acceptors (Lipinski definition) is 4. The molecule has 2 aromatic rings. The van der Waals surface area contributed by atoms with E-state index in [0.29, 0.717) is 21.3 Å². The number of aromatic nitrogens is 1. The molecule has 0 saturated carbocycles. The third-order valence-electron chi connectivity index (χ3n) is 2.72. The zero-order valence-corrected chi connectivity index (χ0v) is 13.1. The Hall–Kier alpha value is -1.08. The van der Waals surface area contributed by atoms with Crippen molar-refractivity contribution >= 4 is 33.2 Å². The van der Waals surface area contributed by atoms with E-state index in [0.717, 1.165) is 0 Å². The molecule has 0 saturated heterocycles. The van der Waals surface area contributed by atoms with Crippen molar-refractivity contribution in [3.8, 4) is 0 Å². The number of aryl methyl sites for hydroxylation is 2. The first-order valence-electron chi connectivity index (χ1n) is 5.68. The van der Waals surface area contributed by atoms with Crippen molar-refractivity contribution in [2.24, 2.45) is 0 Å². The number of benzene rings is 1. The minimum Gasteiger partial charge on any atom is -0.360 e. The van der Waals surface area contributed by atoms with Gasteiger partial charge in [-0.2, -0.15) is 0 Å². The van der Waals surface area contributed by atoms with Crippen LogP contribution in [0.2, 0.25) is 10.0 Å². The lowest BCUT2D eigenvalue weighted by atomic mass is 10.2. The molecule has 0 spiro atoms. The molecule has 1 heterocycles. The largest absolute Gasteiger partial charge is 0.360 e. The molecule has 20 heavy (non-hydrogen) atoms. The summed E-state index contributed by atoms with van der Waals surface area (Å²) in [6, 6.07) is 5.04. The van der Waals surface area contributed by atoms with E-state index in [4.69, 9.17) is 27.7 Å². The number of nitrogens with one attached hydrogen (secondary N) is 1. The molecule has 108 valence electrons. The summed E-state index contributed by atoms with van der Waals surface area (Å²) in [5.41, 5.74) is 0.904. The summed E-state index contributed by atoms with van der Waals surface area (Å²) in [4.78, 5) is 0.0515. The van der Waals surface area contributed by atoms with Gasteiger partial charge >= 0.3 is 0 Å². The quantitative estimate of drug-likeness (QED) is 0.932. The average molecular weight is 335 g/mol. The van der Waals surface area contributed by atoms with E-state index in [1.54, 1.807) is 32.0 Å². The number of nitrogens with zero attached hydrogens (tertiary/aromatic N) is 1. The summed E-state index contributed by atoms with van der Waals surface area (Å²) >= 11 is 11.9. The van der Waals surface area contributed by atoms with E-state index >= 15 is 0 Å². The molecule has 0 aliphatic rings. The van der Waals surface area contributed by atoms with Gasteiger partial charge in [-0.1, -0.05) is 40.5 Å². The molecule has 0 unspecified atom stereocenters. The van der Waals surface area contributed by atoms with E-state index in [1.807, 2.05) is 0 Å². The lowest BCUT2D eigenvalue weighted by Gasteiger charge is -2.08. The van der Waals surface area contributed by atoms with Crippen LogP contribution < -0.4 is 4.72 Å². The molecule has 0 atom stereocenters. The zero-order chi connectivity index (χ0) is 14.9. The Labute approximate surface area is 126 Å². The van der Waals surface area contributed by atoms with Crippen molar-refractivity contribution in [3.63, 3.8) is 0 Å². The Morgan fingerprint density at radius 2 is 2.00 bits per heavy atom. The van der Waals surface area contributed by atoms with E-state index in [1.165, 1.54) is 0 Å². The predicted octanol–water partition coefficient (Wildman–Crippen LogP) is 3.08. The monoisotopic (exact) mass is 334 g/mol. The van der Waals surface area contributed by atoms with Crippen LogP contribution in [0.25, 0.3) is 0 Å². The first-order chi connectivity index (χ1) is 9.33. The molecular weight excluding hydrogens is 323 g/mol.